The van der Waals surface area contributed by atoms with Gasteiger partial charge >= 0.3 is 0 Å². The predicted octanol–water partition coefficient (Wildman–Crippen LogP) is 1.87. The van der Waals surface area contributed by atoms with E-state index >= 15 is 0 Å². The molecular formula is C7H15NOS2. The molecule has 0 aliphatic heterocycles. The summed E-state index contributed by atoms with van der Waals surface area (Å²) in [6, 6.07) is 0. The lowest BCUT2D eigenvalue weighted by atomic mass is 10.1. The molecule has 0 aromatic carbocycles. The normalized spacial score (nSPS) is 11.3. The molecule has 0 unspecified atom stereocenters. The topological polar surface area (TPSA) is 29.1 Å². The van der Waals surface area contributed by atoms with Crippen LogP contribution in [-0.2, 0) is 4.79 Å². The molecule has 0 aliphatic carbocycles. The van der Waals surface area contributed by atoms with E-state index < -0.39 is 0 Å². The van der Waals surface area contributed by atoms with Gasteiger partial charge in [-0.25, -0.2) is 0 Å². The van der Waals surface area contributed by atoms with Crippen molar-refractivity contribution in [1.82, 2.24) is 5.32 Å². The number of amides is 1. The standard InChI is InChI=1S/C7H15NOS2/c1-7(2,11-10)5-4-6(9)8-3/h10H,4-5H2,1-3H3,(H,8,9). The molecule has 0 aromatic heterocycles. The highest BCUT2D eigenvalue weighted by Crippen LogP contribution is 2.31. The van der Waals surface area contributed by atoms with Crippen molar-refractivity contribution >= 4 is 28.4 Å². The van der Waals surface area contributed by atoms with Crippen LogP contribution in [0.5, 0.6) is 0 Å². The third-order valence-electron chi connectivity index (χ3n) is 1.48. The SMILES string of the molecule is CNC(=O)CCC(C)(C)SS. The Hall–Kier alpha value is 0.170. The predicted molar refractivity (Wildman–Crippen MR) is 54.0 cm³/mol. The van der Waals surface area contributed by atoms with Gasteiger partial charge in [-0.3, -0.25) is 4.79 Å². The quantitative estimate of drug-likeness (QED) is 0.527. The first kappa shape index (κ1) is 11.2. The van der Waals surface area contributed by atoms with Crippen LogP contribution in [0.15, 0.2) is 0 Å². The molecule has 1 N–H and O–H groups in total. The van der Waals surface area contributed by atoms with Crippen LogP contribution in [0.25, 0.3) is 0 Å². The van der Waals surface area contributed by atoms with E-state index in [9.17, 15) is 4.79 Å². The van der Waals surface area contributed by atoms with Gasteiger partial charge in [0.05, 0.1) is 0 Å². The summed E-state index contributed by atoms with van der Waals surface area (Å²) >= 11 is 4.12. The average molecular weight is 193 g/mol. The molecule has 1 amide bonds. The Morgan fingerprint density at radius 2 is 2.18 bits per heavy atom. The second-order valence-corrected chi connectivity index (χ2v) is 4.86. The average Bonchev–Trinajstić information content (AvgIpc) is 2.00. The van der Waals surface area contributed by atoms with Crippen molar-refractivity contribution in [2.45, 2.75) is 31.4 Å². The second-order valence-electron chi connectivity index (χ2n) is 3.02. The van der Waals surface area contributed by atoms with Crippen molar-refractivity contribution in [3.05, 3.63) is 0 Å². The van der Waals surface area contributed by atoms with E-state index in [1.54, 1.807) is 7.05 Å². The Labute approximate surface area is 77.3 Å². The summed E-state index contributed by atoms with van der Waals surface area (Å²) in [5, 5.41) is 2.59. The van der Waals surface area contributed by atoms with Gasteiger partial charge in [-0.2, -0.15) is 0 Å². The molecule has 0 rings (SSSR count). The molecule has 11 heavy (non-hydrogen) atoms. The molecule has 0 aromatic rings. The Kier molecular flexibility index (Phi) is 5.01. The van der Waals surface area contributed by atoms with Gasteiger partial charge in [0.1, 0.15) is 0 Å². The van der Waals surface area contributed by atoms with Crippen molar-refractivity contribution in [2.24, 2.45) is 0 Å². The Bertz CT molecular complexity index is 136. The van der Waals surface area contributed by atoms with E-state index in [0.29, 0.717) is 6.42 Å². The fourth-order valence-corrected chi connectivity index (χ4v) is 1.05. The summed E-state index contributed by atoms with van der Waals surface area (Å²) < 4.78 is 0.0929. The van der Waals surface area contributed by atoms with Crippen LogP contribution < -0.4 is 5.32 Å². The third-order valence-corrected chi connectivity index (χ3v) is 3.66. The van der Waals surface area contributed by atoms with E-state index in [-0.39, 0.29) is 10.7 Å². The highest BCUT2D eigenvalue weighted by molar-refractivity contribution is 8.69. The highest BCUT2D eigenvalue weighted by atomic mass is 33.1. The highest BCUT2D eigenvalue weighted by Gasteiger charge is 2.17. The lowest BCUT2D eigenvalue weighted by molar-refractivity contribution is -0.120. The molecule has 0 spiro atoms. The zero-order valence-corrected chi connectivity index (χ0v) is 8.89. The first-order valence-corrected chi connectivity index (χ1v) is 5.42. The molecule has 66 valence electrons. The van der Waals surface area contributed by atoms with Crippen molar-refractivity contribution < 1.29 is 4.79 Å². The molecule has 0 radical (unpaired) electrons. The molecule has 4 heteroatoms. The number of carbonyl (C=O) groups is 1. The fourth-order valence-electron chi connectivity index (χ4n) is 0.585. The van der Waals surface area contributed by atoms with Gasteiger partial charge in [-0.05, 0) is 20.3 Å². The Morgan fingerprint density at radius 1 is 1.64 bits per heavy atom. The second kappa shape index (κ2) is 4.93. The first-order valence-electron chi connectivity index (χ1n) is 3.55. The zero-order chi connectivity index (χ0) is 8.91. The summed E-state index contributed by atoms with van der Waals surface area (Å²) in [6.07, 6.45) is 1.44. The van der Waals surface area contributed by atoms with Gasteiger partial charge in [0.2, 0.25) is 5.91 Å². The molecule has 0 saturated heterocycles. The largest absolute Gasteiger partial charge is 0.359 e. The summed E-state index contributed by atoms with van der Waals surface area (Å²) in [7, 11) is 3.15. The van der Waals surface area contributed by atoms with Crippen LogP contribution in [0.3, 0.4) is 0 Å². The smallest absolute Gasteiger partial charge is 0.219 e. The molecule has 0 heterocycles. The number of nitrogens with one attached hydrogen (secondary N) is 1. The molecule has 2 nitrogen and oxygen atoms in total. The van der Waals surface area contributed by atoms with E-state index in [0.717, 1.165) is 6.42 Å². The van der Waals surface area contributed by atoms with Crippen LogP contribution in [0.2, 0.25) is 0 Å². The Morgan fingerprint density at radius 3 is 2.55 bits per heavy atom. The van der Waals surface area contributed by atoms with Crippen LogP contribution in [0.4, 0.5) is 0 Å². The molecule has 0 atom stereocenters. The van der Waals surface area contributed by atoms with Gasteiger partial charge in [-0.1, -0.05) is 10.8 Å². The molecular weight excluding hydrogens is 178 g/mol. The minimum absolute atomic E-state index is 0.0929. The van der Waals surface area contributed by atoms with Gasteiger partial charge in [0.15, 0.2) is 0 Å². The maximum atomic E-state index is 10.8. The fraction of sp³-hybridized carbons (Fsp3) is 0.857. The monoisotopic (exact) mass is 193 g/mol. The summed E-state index contributed by atoms with van der Waals surface area (Å²) in [6.45, 7) is 4.15. The van der Waals surface area contributed by atoms with E-state index in [2.05, 4.69) is 30.8 Å². The summed E-state index contributed by atoms with van der Waals surface area (Å²) in [5.74, 6) is 0.0976. The summed E-state index contributed by atoms with van der Waals surface area (Å²) in [5.41, 5.74) is 0. The third kappa shape index (κ3) is 5.44. The van der Waals surface area contributed by atoms with Crippen molar-refractivity contribution in [3.8, 4) is 0 Å². The van der Waals surface area contributed by atoms with Crippen LogP contribution in [0, 0.1) is 0 Å². The number of hydrogen-bond acceptors (Lipinski definition) is 3. The van der Waals surface area contributed by atoms with E-state index in [1.807, 2.05) is 0 Å². The van der Waals surface area contributed by atoms with Gasteiger partial charge in [0, 0.05) is 18.2 Å². The molecule has 0 fully saturated rings. The number of rotatable bonds is 4. The molecule has 0 aliphatic rings. The van der Waals surface area contributed by atoms with E-state index in [1.165, 1.54) is 10.8 Å². The van der Waals surface area contributed by atoms with Crippen LogP contribution >= 0.6 is 22.5 Å². The van der Waals surface area contributed by atoms with Gasteiger partial charge < -0.3 is 5.32 Å². The van der Waals surface area contributed by atoms with Crippen molar-refractivity contribution in [3.63, 3.8) is 0 Å². The van der Waals surface area contributed by atoms with E-state index in [4.69, 9.17) is 0 Å². The number of carbonyl (C=O) groups excluding carboxylic acids is 1. The molecule has 0 bridgehead atoms. The van der Waals surface area contributed by atoms with Crippen molar-refractivity contribution in [2.75, 3.05) is 7.05 Å². The number of hydrogen-bond donors (Lipinski definition) is 2. The maximum absolute atomic E-state index is 10.8. The lowest BCUT2D eigenvalue weighted by Crippen LogP contribution is -2.22. The minimum atomic E-state index is 0.0929. The van der Waals surface area contributed by atoms with Gasteiger partial charge in [-0.15, -0.1) is 11.7 Å². The minimum Gasteiger partial charge on any atom is -0.359 e. The maximum Gasteiger partial charge on any atom is 0.219 e. The van der Waals surface area contributed by atoms with Crippen LogP contribution in [-0.4, -0.2) is 17.7 Å². The zero-order valence-electron chi connectivity index (χ0n) is 7.18. The Balaban J connectivity index is 3.61. The van der Waals surface area contributed by atoms with Crippen molar-refractivity contribution in [1.29, 1.82) is 0 Å². The van der Waals surface area contributed by atoms with Gasteiger partial charge in [0.25, 0.3) is 0 Å². The number of thiol groups is 1. The summed E-state index contributed by atoms with van der Waals surface area (Å²) in [4.78, 5) is 10.8. The lowest BCUT2D eigenvalue weighted by Gasteiger charge is -2.19. The van der Waals surface area contributed by atoms with Crippen LogP contribution in [0.1, 0.15) is 26.7 Å². The molecule has 0 saturated carbocycles. The first-order chi connectivity index (χ1) is 5.02.